The van der Waals surface area contributed by atoms with Crippen LogP contribution in [0.4, 0.5) is 5.69 Å². The highest BCUT2D eigenvalue weighted by Gasteiger charge is 2.23. The molecule has 2 aliphatic heterocycles. The van der Waals surface area contributed by atoms with Crippen molar-refractivity contribution in [1.29, 1.82) is 0 Å². The third kappa shape index (κ3) is 3.25. The summed E-state index contributed by atoms with van der Waals surface area (Å²) in [5, 5.41) is 3.89. The lowest BCUT2D eigenvalue weighted by Crippen LogP contribution is -2.19. The molecule has 1 fully saturated rings. The molecule has 3 aromatic rings. The van der Waals surface area contributed by atoms with Gasteiger partial charge in [-0.25, -0.2) is 0 Å². The van der Waals surface area contributed by atoms with Crippen LogP contribution < -0.4 is 25.0 Å². The largest absolute Gasteiger partial charge is 0.490 e. The number of hydrogen-bond donors (Lipinski definition) is 1. The smallest absolute Gasteiger partial charge is 0.235 e. The van der Waals surface area contributed by atoms with Crippen molar-refractivity contribution < 1.29 is 23.4 Å². The molecule has 1 unspecified atom stereocenters. The van der Waals surface area contributed by atoms with Gasteiger partial charge in [0.05, 0.1) is 24.3 Å². The Morgan fingerprint density at radius 1 is 1.17 bits per heavy atom. The normalized spacial score (nSPS) is 17.5. The molecule has 0 spiro atoms. The van der Waals surface area contributed by atoms with Crippen molar-refractivity contribution >= 4 is 16.7 Å². The van der Waals surface area contributed by atoms with E-state index in [0.717, 1.165) is 30.7 Å². The van der Waals surface area contributed by atoms with Crippen LogP contribution in [0.15, 0.2) is 39.5 Å². The van der Waals surface area contributed by atoms with Gasteiger partial charge in [0.15, 0.2) is 22.8 Å². The van der Waals surface area contributed by atoms with E-state index in [2.05, 4.69) is 5.32 Å². The van der Waals surface area contributed by atoms with Crippen molar-refractivity contribution in [2.24, 2.45) is 0 Å². The highest BCUT2D eigenvalue weighted by molar-refractivity contribution is 5.92. The lowest BCUT2D eigenvalue weighted by Gasteiger charge is -2.16. The summed E-state index contributed by atoms with van der Waals surface area (Å²) < 4.78 is 28.3. The molecule has 2 aromatic carbocycles. The van der Waals surface area contributed by atoms with Gasteiger partial charge in [0, 0.05) is 18.7 Å². The van der Waals surface area contributed by atoms with Gasteiger partial charge in [-0.1, -0.05) is 0 Å². The standard InChI is InChI=1S/C23H23NO6/c1-13-8-16-20(25)23(26-2)21(14-5-6-18-19(10-14)29-12-28-18)30-22(16)17(9-13)24-11-15-4-3-7-27-15/h5-6,8-10,15,24H,3-4,7,11-12H2,1-2H3. The number of aryl methyl sites for hydroxylation is 1. The minimum absolute atomic E-state index is 0.164. The topological polar surface area (TPSA) is 79.2 Å². The van der Waals surface area contributed by atoms with Crippen LogP contribution in [-0.2, 0) is 4.74 Å². The average Bonchev–Trinajstić information content (AvgIpc) is 3.43. The van der Waals surface area contributed by atoms with Crippen molar-refractivity contribution in [3.63, 3.8) is 0 Å². The maximum atomic E-state index is 13.3. The van der Waals surface area contributed by atoms with Crippen LogP contribution in [0.5, 0.6) is 17.2 Å². The first-order valence-corrected chi connectivity index (χ1v) is 10.0. The van der Waals surface area contributed by atoms with Crippen molar-refractivity contribution in [2.45, 2.75) is 25.9 Å². The lowest BCUT2D eigenvalue weighted by atomic mass is 10.1. The van der Waals surface area contributed by atoms with Crippen LogP contribution in [0.25, 0.3) is 22.3 Å². The molecule has 30 heavy (non-hydrogen) atoms. The first-order valence-electron chi connectivity index (χ1n) is 10.0. The van der Waals surface area contributed by atoms with Gasteiger partial charge in [-0.2, -0.15) is 0 Å². The number of fused-ring (bicyclic) bond motifs is 2. The predicted octanol–water partition coefficient (Wildman–Crippen LogP) is 4.10. The number of nitrogens with one attached hydrogen (secondary N) is 1. The molecule has 0 aliphatic carbocycles. The first-order chi connectivity index (χ1) is 14.6. The van der Waals surface area contributed by atoms with Gasteiger partial charge in [0.2, 0.25) is 18.0 Å². The lowest BCUT2D eigenvalue weighted by molar-refractivity contribution is 0.120. The van der Waals surface area contributed by atoms with E-state index in [1.54, 1.807) is 12.1 Å². The molecule has 7 nitrogen and oxygen atoms in total. The SMILES string of the molecule is COc1c(-c2ccc3c(c2)OCO3)oc2c(NCC3CCCO3)cc(C)cc2c1=O. The zero-order chi connectivity index (χ0) is 20.7. The van der Waals surface area contributed by atoms with Gasteiger partial charge in [-0.05, 0) is 55.7 Å². The van der Waals surface area contributed by atoms with Gasteiger partial charge in [0.1, 0.15) is 0 Å². The molecule has 0 bridgehead atoms. The fourth-order valence-corrected chi connectivity index (χ4v) is 4.00. The van der Waals surface area contributed by atoms with E-state index in [-0.39, 0.29) is 24.1 Å². The molecular weight excluding hydrogens is 386 g/mol. The monoisotopic (exact) mass is 409 g/mol. The summed E-state index contributed by atoms with van der Waals surface area (Å²) in [5.74, 6) is 1.79. The first kappa shape index (κ1) is 18.8. The van der Waals surface area contributed by atoms with Crippen molar-refractivity contribution in [1.82, 2.24) is 0 Å². The number of anilines is 1. The van der Waals surface area contributed by atoms with E-state index >= 15 is 0 Å². The maximum absolute atomic E-state index is 13.3. The summed E-state index contributed by atoms with van der Waals surface area (Å²) >= 11 is 0. The molecule has 1 N–H and O–H groups in total. The number of ether oxygens (including phenoxy) is 4. The molecule has 0 saturated carbocycles. The van der Waals surface area contributed by atoms with Crippen molar-refractivity contribution in [3.8, 4) is 28.6 Å². The zero-order valence-electron chi connectivity index (χ0n) is 16.9. The Balaban J connectivity index is 1.64. The molecule has 1 atom stereocenters. The molecule has 1 saturated heterocycles. The third-order valence-corrected chi connectivity index (χ3v) is 5.48. The molecule has 2 aliphatic rings. The molecule has 156 valence electrons. The number of hydrogen-bond acceptors (Lipinski definition) is 7. The van der Waals surface area contributed by atoms with Crippen molar-refractivity contribution in [3.05, 3.63) is 46.1 Å². The summed E-state index contributed by atoms with van der Waals surface area (Å²) in [5.41, 5.74) is 2.69. The minimum Gasteiger partial charge on any atom is -0.490 e. The van der Waals surface area contributed by atoms with Crippen LogP contribution >= 0.6 is 0 Å². The van der Waals surface area contributed by atoms with Gasteiger partial charge >= 0.3 is 0 Å². The van der Waals surface area contributed by atoms with E-state index in [1.807, 2.05) is 25.1 Å². The molecular formula is C23H23NO6. The average molecular weight is 409 g/mol. The molecule has 0 radical (unpaired) electrons. The Bertz CT molecular complexity index is 1160. The fourth-order valence-electron chi connectivity index (χ4n) is 4.00. The second-order valence-electron chi connectivity index (χ2n) is 7.57. The zero-order valence-corrected chi connectivity index (χ0v) is 16.9. The Kier molecular flexibility index (Phi) is 4.75. The highest BCUT2D eigenvalue weighted by Crippen LogP contribution is 2.40. The van der Waals surface area contributed by atoms with Crippen LogP contribution in [0.2, 0.25) is 0 Å². The third-order valence-electron chi connectivity index (χ3n) is 5.48. The summed E-state index contributed by atoms with van der Waals surface area (Å²) in [7, 11) is 1.47. The maximum Gasteiger partial charge on any atom is 0.235 e. The van der Waals surface area contributed by atoms with Crippen LogP contribution in [0, 0.1) is 6.92 Å². The predicted molar refractivity (Wildman–Crippen MR) is 113 cm³/mol. The highest BCUT2D eigenvalue weighted by atomic mass is 16.7. The minimum atomic E-state index is -0.213. The van der Waals surface area contributed by atoms with E-state index in [9.17, 15) is 4.79 Å². The van der Waals surface area contributed by atoms with Gasteiger partial charge < -0.3 is 28.7 Å². The van der Waals surface area contributed by atoms with Crippen molar-refractivity contribution in [2.75, 3.05) is 32.4 Å². The summed E-state index contributed by atoms with van der Waals surface area (Å²) in [6.45, 7) is 3.58. The summed E-state index contributed by atoms with van der Waals surface area (Å²) in [6, 6.07) is 9.23. The number of methoxy groups -OCH3 is 1. The van der Waals surface area contributed by atoms with E-state index < -0.39 is 0 Å². The quantitative estimate of drug-likeness (QED) is 0.680. The Morgan fingerprint density at radius 2 is 2.03 bits per heavy atom. The number of rotatable bonds is 5. The molecule has 1 aromatic heterocycles. The van der Waals surface area contributed by atoms with Crippen LogP contribution in [0.3, 0.4) is 0 Å². The second-order valence-corrected chi connectivity index (χ2v) is 7.57. The van der Waals surface area contributed by atoms with Gasteiger partial charge in [0.25, 0.3) is 0 Å². The molecule has 0 amide bonds. The van der Waals surface area contributed by atoms with Gasteiger partial charge in [-0.15, -0.1) is 0 Å². The Morgan fingerprint density at radius 3 is 2.83 bits per heavy atom. The summed E-state index contributed by atoms with van der Waals surface area (Å²) in [4.78, 5) is 13.3. The Labute approximate surface area is 173 Å². The summed E-state index contributed by atoms with van der Waals surface area (Å²) in [6.07, 6.45) is 2.26. The molecule has 3 heterocycles. The van der Waals surface area contributed by atoms with Gasteiger partial charge in [-0.3, -0.25) is 4.79 Å². The molecule has 7 heteroatoms. The van der Waals surface area contributed by atoms with E-state index in [0.29, 0.717) is 40.3 Å². The van der Waals surface area contributed by atoms with Crippen LogP contribution in [-0.4, -0.2) is 33.2 Å². The van der Waals surface area contributed by atoms with Crippen LogP contribution in [0.1, 0.15) is 18.4 Å². The second kappa shape index (κ2) is 7.57. The fraction of sp³-hybridized carbons (Fsp3) is 0.348. The molecule has 5 rings (SSSR count). The number of benzene rings is 2. The van der Waals surface area contributed by atoms with E-state index in [4.69, 9.17) is 23.4 Å². The Hall–Kier alpha value is -3.19. The van der Waals surface area contributed by atoms with E-state index in [1.165, 1.54) is 7.11 Å².